The number of hydrogen-bond donors (Lipinski definition) is 1. The van der Waals surface area contributed by atoms with E-state index in [-0.39, 0.29) is 6.04 Å². The summed E-state index contributed by atoms with van der Waals surface area (Å²) in [5.41, 5.74) is 2.58. The Morgan fingerprint density at radius 1 is 1.00 bits per heavy atom. The van der Waals surface area contributed by atoms with Crippen LogP contribution < -0.4 is 5.32 Å². The van der Waals surface area contributed by atoms with Gasteiger partial charge in [0.05, 0.1) is 22.2 Å². The first kappa shape index (κ1) is 21.9. The van der Waals surface area contributed by atoms with Gasteiger partial charge < -0.3 is 5.32 Å². The third-order valence-electron chi connectivity index (χ3n) is 5.44. The van der Waals surface area contributed by atoms with E-state index in [1.54, 1.807) is 23.0 Å². The number of anilines is 1. The van der Waals surface area contributed by atoms with Gasteiger partial charge in [0, 0.05) is 19.1 Å². The molecule has 8 nitrogen and oxygen atoms in total. The van der Waals surface area contributed by atoms with E-state index in [0.717, 1.165) is 16.6 Å². The highest BCUT2D eigenvalue weighted by molar-refractivity contribution is 7.89. The van der Waals surface area contributed by atoms with Crippen molar-refractivity contribution in [3.63, 3.8) is 0 Å². The number of aromatic nitrogens is 4. The Balaban J connectivity index is 1.58. The zero-order chi connectivity index (χ0) is 22.7. The molecule has 0 amide bonds. The molecule has 0 radical (unpaired) electrons. The van der Waals surface area contributed by atoms with Gasteiger partial charge in [-0.15, -0.1) is 0 Å². The molecule has 4 aromatic rings. The normalized spacial score (nSPS) is 12.9. The fourth-order valence-electron chi connectivity index (χ4n) is 3.65. The SMILES string of the molecule is CCN(CC)S(=O)(=O)c1ccc(C(C)Nc2ncnc3c2cnn3-c2ccccc2)cc1. The summed E-state index contributed by atoms with van der Waals surface area (Å²) < 4.78 is 28.7. The van der Waals surface area contributed by atoms with Crippen LogP contribution in [0.15, 0.2) is 72.0 Å². The Kier molecular flexibility index (Phi) is 6.20. The van der Waals surface area contributed by atoms with Gasteiger partial charge in [-0.1, -0.05) is 44.2 Å². The molecule has 0 saturated heterocycles. The first-order chi connectivity index (χ1) is 15.5. The predicted molar refractivity (Wildman–Crippen MR) is 125 cm³/mol. The maximum Gasteiger partial charge on any atom is 0.243 e. The zero-order valence-electron chi connectivity index (χ0n) is 18.3. The molecule has 9 heteroatoms. The summed E-state index contributed by atoms with van der Waals surface area (Å²) in [6.45, 7) is 6.56. The number of rotatable bonds is 8. The Morgan fingerprint density at radius 2 is 1.69 bits per heavy atom. The topological polar surface area (TPSA) is 93.0 Å². The van der Waals surface area contributed by atoms with E-state index in [4.69, 9.17) is 0 Å². The Bertz CT molecular complexity index is 1300. The number of hydrogen-bond acceptors (Lipinski definition) is 6. The molecule has 166 valence electrons. The van der Waals surface area contributed by atoms with Crippen molar-refractivity contribution < 1.29 is 8.42 Å². The van der Waals surface area contributed by atoms with Crippen LogP contribution in [0.2, 0.25) is 0 Å². The molecule has 1 N–H and O–H groups in total. The molecule has 0 aliphatic carbocycles. The van der Waals surface area contributed by atoms with Crippen molar-refractivity contribution >= 4 is 26.9 Å². The van der Waals surface area contributed by atoms with Crippen molar-refractivity contribution in [1.29, 1.82) is 0 Å². The van der Waals surface area contributed by atoms with Crippen molar-refractivity contribution in [2.24, 2.45) is 0 Å². The molecule has 0 spiro atoms. The molecule has 4 rings (SSSR count). The monoisotopic (exact) mass is 450 g/mol. The van der Waals surface area contributed by atoms with Crippen LogP contribution >= 0.6 is 0 Å². The van der Waals surface area contributed by atoms with Gasteiger partial charge in [0.1, 0.15) is 12.1 Å². The molecule has 0 aliphatic rings. The highest BCUT2D eigenvalue weighted by atomic mass is 32.2. The van der Waals surface area contributed by atoms with Gasteiger partial charge in [0.2, 0.25) is 10.0 Å². The number of nitrogens with one attached hydrogen (secondary N) is 1. The molecule has 2 heterocycles. The van der Waals surface area contributed by atoms with Crippen LogP contribution in [-0.2, 0) is 10.0 Å². The number of nitrogens with zero attached hydrogens (tertiary/aromatic N) is 5. The lowest BCUT2D eigenvalue weighted by Crippen LogP contribution is -2.30. The van der Waals surface area contributed by atoms with Crippen molar-refractivity contribution in [2.75, 3.05) is 18.4 Å². The van der Waals surface area contributed by atoms with Gasteiger partial charge in [-0.2, -0.15) is 9.40 Å². The quantitative estimate of drug-likeness (QED) is 0.436. The Labute approximate surface area is 188 Å². The van der Waals surface area contributed by atoms with Crippen molar-refractivity contribution in [3.05, 3.63) is 72.7 Å². The van der Waals surface area contributed by atoms with E-state index in [1.165, 1.54) is 10.6 Å². The third kappa shape index (κ3) is 4.09. The minimum atomic E-state index is -3.47. The second-order valence-corrected chi connectivity index (χ2v) is 9.31. The molecular weight excluding hydrogens is 424 g/mol. The Hall–Kier alpha value is -3.30. The van der Waals surface area contributed by atoms with Gasteiger partial charge in [-0.3, -0.25) is 0 Å². The van der Waals surface area contributed by atoms with Crippen LogP contribution in [0.5, 0.6) is 0 Å². The summed E-state index contributed by atoms with van der Waals surface area (Å²) in [5.74, 6) is 0.671. The van der Waals surface area contributed by atoms with E-state index in [1.807, 2.05) is 63.2 Å². The highest BCUT2D eigenvalue weighted by Crippen LogP contribution is 2.26. The molecule has 0 bridgehead atoms. The molecule has 0 saturated carbocycles. The van der Waals surface area contributed by atoms with E-state index in [9.17, 15) is 8.42 Å². The number of para-hydroxylation sites is 1. The van der Waals surface area contributed by atoms with E-state index in [0.29, 0.717) is 29.5 Å². The van der Waals surface area contributed by atoms with Crippen LogP contribution in [0.25, 0.3) is 16.7 Å². The van der Waals surface area contributed by atoms with Crippen LogP contribution in [0.1, 0.15) is 32.4 Å². The zero-order valence-corrected chi connectivity index (χ0v) is 19.1. The van der Waals surface area contributed by atoms with Gasteiger partial charge >= 0.3 is 0 Å². The molecule has 0 aliphatic heterocycles. The summed E-state index contributed by atoms with van der Waals surface area (Å²) in [4.78, 5) is 9.11. The van der Waals surface area contributed by atoms with Gasteiger partial charge in [-0.05, 0) is 36.8 Å². The van der Waals surface area contributed by atoms with E-state index >= 15 is 0 Å². The lowest BCUT2D eigenvalue weighted by molar-refractivity contribution is 0.445. The minimum absolute atomic E-state index is 0.0987. The van der Waals surface area contributed by atoms with Gasteiger partial charge in [-0.25, -0.2) is 23.1 Å². The smallest absolute Gasteiger partial charge is 0.243 e. The molecule has 1 unspecified atom stereocenters. The first-order valence-corrected chi connectivity index (χ1v) is 12.0. The summed E-state index contributed by atoms with van der Waals surface area (Å²) >= 11 is 0. The summed E-state index contributed by atoms with van der Waals surface area (Å²) in [6, 6.07) is 16.7. The number of sulfonamides is 1. The summed E-state index contributed by atoms with van der Waals surface area (Å²) in [7, 11) is -3.47. The van der Waals surface area contributed by atoms with Crippen LogP contribution in [0.3, 0.4) is 0 Å². The summed E-state index contributed by atoms with van der Waals surface area (Å²) in [6.07, 6.45) is 3.26. The fourth-order valence-corrected chi connectivity index (χ4v) is 5.10. The third-order valence-corrected chi connectivity index (χ3v) is 7.51. The van der Waals surface area contributed by atoms with Crippen LogP contribution in [0.4, 0.5) is 5.82 Å². The van der Waals surface area contributed by atoms with Crippen molar-refractivity contribution in [2.45, 2.75) is 31.7 Å². The number of benzene rings is 2. The minimum Gasteiger partial charge on any atom is -0.363 e. The average Bonchev–Trinajstić information content (AvgIpc) is 3.25. The Morgan fingerprint density at radius 3 is 2.34 bits per heavy atom. The fraction of sp³-hybridized carbons (Fsp3) is 0.261. The number of fused-ring (bicyclic) bond motifs is 1. The van der Waals surface area contributed by atoms with Gasteiger partial charge in [0.15, 0.2) is 5.65 Å². The van der Waals surface area contributed by atoms with E-state index in [2.05, 4.69) is 20.4 Å². The molecule has 32 heavy (non-hydrogen) atoms. The lowest BCUT2D eigenvalue weighted by atomic mass is 10.1. The molecule has 1 atom stereocenters. The van der Waals surface area contributed by atoms with Crippen molar-refractivity contribution in [1.82, 2.24) is 24.1 Å². The second-order valence-electron chi connectivity index (χ2n) is 7.38. The molecule has 0 fully saturated rings. The first-order valence-electron chi connectivity index (χ1n) is 10.6. The molecule has 2 aromatic heterocycles. The summed E-state index contributed by atoms with van der Waals surface area (Å²) in [5, 5.41) is 8.69. The predicted octanol–water partition coefficient (Wildman–Crippen LogP) is 4.02. The van der Waals surface area contributed by atoms with Gasteiger partial charge in [0.25, 0.3) is 0 Å². The average molecular weight is 451 g/mol. The van der Waals surface area contributed by atoms with Crippen LogP contribution in [0, 0.1) is 0 Å². The maximum absolute atomic E-state index is 12.7. The highest BCUT2D eigenvalue weighted by Gasteiger charge is 2.22. The van der Waals surface area contributed by atoms with Crippen LogP contribution in [-0.4, -0.2) is 45.6 Å². The maximum atomic E-state index is 12.7. The second kappa shape index (κ2) is 9.05. The van der Waals surface area contributed by atoms with E-state index < -0.39 is 10.0 Å². The van der Waals surface area contributed by atoms with Crippen molar-refractivity contribution in [3.8, 4) is 5.69 Å². The largest absolute Gasteiger partial charge is 0.363 e. The molecular formula is C23H26N6O2S. The standard InChI is InChI=1S/C23H26N6O2S/c1-4-28(5-2)32(30,31)20-13-11-18(12-14-20)17(3)27-22-21-15-26-29(23(21)25-16-24-22)19-9-7-6-8-10-19/h6-17H,4-5H2,1-3H3,(H,24,25,27). The lowest BCUT2D eigenvalue weighted by Gasteiger charge is -2.19. The molecule has 2 aromatic carbocycles.